The van der Waals surface area contributed by atoms with Gasteiger partial charge in [0.1, 0.15) is 5.78 Å². The van der Waals surface area contributed by atoms with Gasteiger partial charge in [0.15, 0.2) is 0 Å². The van der Waals surface area contributed by atoms with Gasteiger partial charge in [-0.3, -0.25) is 4.79 Å². The zero-order valence-electron chi connectivity index (χ0n) is 7.05. The quantitative estimate of drug-likeness (QED) is 0.645. The lowest BCUT2D eigenvalue weighted by Gasteiger charge is -2.05. The third-order valence-electron chi connectivity index (χ3n) is 1.48. The zero-order valence-corrected chi connectivity index (χ0v) is 7.05. The van der Waals surface area contributed by atoms with Crippen molar-refractivity contribution in [1.82, 2.24) is 0 Å². The summed E-state index contributed by atoms with van der Waals surface area (Å²) >= 11 is 0. The van der Waals surface area contributed by atoms with E-state index in [4.69, 9.17) is 5.73 Å². The van der Waals surface area contributed by atoms with Crippen LogP contribution in [0.3, 0.4) is 0 Å². The molecule has 1 atom stereocenters. The first-order valence-corrected chi connectivity index (χ1v) is 3.82. The predicted molar refractivity (Wildman–Crippen MR) is 42.7 cm³/mol. The average Bonchev–Trinajstić information content (AvgIpc) is 1.82. The molecule has 0 aromatic rings. The minimum absolute atomic E-state index is 0.175. The molecule has 0 unspecified atom stereocenters. The Bertz CT molecular complexity index is 108. The fourth-order valence-electron chi connectivity index (χ4n) is 0.659. The van der Waals surface area contributed by atoms with E-state index < -0.39 is 0 Å². The van der Waals surface area contributed by atoms with Crippen molar-refractivity contribution in [1.29, 1.82) is 0 Å². The van der Waals surface area contributed by atoms with E-state index in [9.17, 15) is 4.79 Å². The van der Waals surface area contributed by atoms with Gasteiger partial charge < -0.3 is 5.73 Å². The number of carbonyl (C=O) groups is 1. The van der Waals surface area contributed by atoms with Crippen LogP contribution in [0, 0.1) is 5.92 Å². The highest BCUT2D eigenvalue weighted by Gasteiger charge is 2.07. The van der Waals surface area contributed by atoms with Gasteiger partial charge in [0.05, 0.1) is 6.04 Å². The molecule has 0 aliphatic heterocycles. The molecule has 0 fully saturated rings. The maximum Gasteiger partial charge on any atom is 0.149 e. The predicted octanol–water partition coefficient (Wildman–Crippen LogP) is 1.34. The van der Waals surface area contributed by atoms with Crippen LogP contribution < -0.4 is 5.73 Å². The van der Waals surface area contributed by atoms with Gasteiger partial charge in [-0.1, -0.05) is 13.8 Å². The van der Waals surface area contributed by atoms with Crippen molar-refractivity contribution in [3.05, 3.63) is 0 Å². The van der Waals surface area contributed by atoms with Crippen LogP contribution >= 0.6 is 0 Å². The van der Waals surface area contributed by atoms with Gasteiger partial charge in [-0.25, -0.2) is 0 Å². The van der Waals surface area contributed by atoms with Crippen LogP contribution in [0.2, 0.25) is 0 Å². The number of carbonyl (C=O) groups excluding carboxylic acids is 1. The topological polar surface area (TPSA) is 43.1 Å². The maximum atomic E-state index is 10.9. The number of hydrogen-bond acceptors (Lipinski definition) is 2. The second kappa shape index (κ2) is 4.45. The van der Waals surface area contributed by atoms with Crippen LogP contribution in [-0.4, -0.2) is 11.8 Å². The molecule has 0 rings (SSSR count). The van der Waals surface area contributed by atoms with Gasteiger partial charge in [0, 0.05) is 6.42 Å². The molecule has 0 aliphatic rings. The summed E-state index contributed by atoms with van der Waals surface area (Å²) in [5.41, 5.74) is 5.37. The molecule has 0 amide bonds. The summed E-state index contributed by atoms with van der Waals surface area (Å²) in [5, 5.41) is 0. The molecule has 0 spiro atoms. The minimum atomic E-state index is -0.279. The number of ketones is 1. The van der Waals surface area contributed by atoms with Gasteiger partial charge >= 0.3 is 0 Å². The summed E-state index contributed by atoms with van der Waals surface area (Å²) in [6.07, 6.45) is 1.59. The fraction of sp³-hybridized carbons (Fsp3) is 0.875. The smallest absolute Gasteiger partial charge is 0.149 e. The van der Waals surface area contributed by atoms with Gasteiger partial charge in [-0.05, 0) is 19.3 Å². The number of nitrogens with two attached hydrogens (primary N) is 1. The van der Waals surface area contributed by atoms with Crippen LogP contribution in [0.4, 0.5) is 0 Å². The van der Waals surface area contributed by atoms with Crippen molar-refractivity contribution in [2.24, 2.45) is 11.7 Å². The van der Waals surface area contributed by atoms with Crippen molar-refractivity contribution in [2.75, 3.05) is 0 Å². The molecule has 0 aromatic carbocycles. The Morgan fingerprint density at radius 2 is 1.90 bits per heavy atom. The Morgan fingerprint density at radius 1 is 1.40 bits per heavy atom. The number of Topliss-reactive ketones (excluding diaryl/α,β-unsaturated/α-hetero) is 1. The molecule has 0 heterocycles. The molecule has 0 aliphatic carbocycles. The summed E-state index contributed by atoms with van der Waals surface area (Å²) in [7, 11) is 0. The molecule has 0 bridgehead atoms. The van der Waals surface area contributed by atoms with E-state index in [1.165, 1.54) is 0 Å². The van der Waals surface area contributed by atoms with Crippen LogP contribution in [0.15, 0.2) is 0 Å². The fourth-order valence-corrected chi connectivity index (χ4v) is 0.659. The summed E-state index contributed by atoms with van der Waals surface area (Å²) in [5.74, 6) is 0.774. The number of rotatable bonds is 4. The Morgan fingerprint density at radius 3 is 2.20 bits per heavy atom. The first kappa shape index (κ1) is 9.63. The van der Waals surface area contributed by atoms with Gasteiger partial charge in [0.2, 0.25) is 0 Å². The lowest BCUT2D eigenvalue weighted by atomic mass is 10.0. The van der Waals surface area contributed by atoms with Gasteiger partial charge in [0.25, 0.3) is 0 Å². The molecule has 0 radical (unpaired) electrons. The summed E-state index contributed by atoms with van der Waals surface area (Å²) < 4.78 is 0. The van der Waals surface area contributed by atoms with E-state index >= 15 is 0 Å². The highest BCUT2D eigenvalue weighted by atomic mass is 16.1. The monoisotopic (exact) mass is 143 g/mol. The normalized spacial score (nSPS) is 13.7. The molecular weight excluding hydrogens is 126 g/mol. The third-order valence-corrected chi connectivity index (χ3v) is 1.48. The first-order valence-electron chi connectivity index (χ1n) is 3.82. The van der Waals surface area contributed by atoms with Gasteiger partial charge in [-0.2, -0.15) is 0 Å². The van der Waals surface area contributed by atoms with Crippen LogP contribution in [0.1, 0.15) is 33.6 Å². The minimum Gasteiger partial charge on any atom is -0.322 e. The molecule has 2 nitrogen and oxygen atoms in total. The molecule has 60 valence electrons. The molecule has 0 saturated carbocycles. The Kier molecular flexibility index (Phi) is 4.28. The number of hydrogen-bond donors (Lipinski definition) is 1. The van der Waals surface area contributed by atoms with Crippen molar-refractivity contribution in [3.8, 4) is 0 Å². The summed E-state index contributed by atoms with van der Waals surface area (Å²) in [6.45, 7) is 5.95. The Hall–Kier alpha value is -0.370. The third kappa shape index (κ3) is 4.50. The van der Waals surface area contributed by atoms with Gasteiger partial charge in [-0.15, -0.1) is 0 Å². The van der Waals surface area contributed by atoms with E-state index in [1.807, 2.05) is 0 Å². The largest absolute Gasteiger partial charge is 0.322 e. The molecule has 0 aromatic heterocycles. The molecule has 0 saturated heterocycles. The van der Waals surface area contributed by atoms with E-state index in [0.717, 1.165) is 6.42 Å². The van der Waals surface area contributed by atoms with Crippen LogP contribution in [0.5, 0.6) is 0 Å². The first-order chi connectivity index (χ1) is 4.54. The van der Waals surface area contributed by atoms with E-state index in [0.29, 0.717) is 12.3 Å². The highest BCUT2D eigenvalue weighted by Crippen LogP contribution is 2.04. The average molecular weight is 143 g/mol. The summed E-state index contributed by atoms with van der Waals surface area (Å²) in [4.78, 5) is 10.9. The van der Waals surface area contributed by atoms with Crippen molar-refractivity contribution >= 4 is 5.78 Å². The standard InChI is InChI=1S/C8H17NO/c1-6(2)4-5-8(10)7(3)9/h6-7H,4-5,9H2,1-3H3/t7-/m0/s1. The summed E-state index contributed by atoms with van der Waals surface area (Å²) in [6, 6.07) is -0.279. The Labute approximate surface area is 62.8 Å². The van der Waals surface area contributed by atoms with Crippen molar-refractivity contribution < 1.29 is 4.79 Å². The SMILES string of the molecule is CC(C)CCC(=O)[C@H](C)N. The lowest BCUT2D eigenvalue weighted by molar-refractivity contribution is -0.120. The molecular formula is C8H17NO. The van der Waals surface area contributed by atoms with E-state index in [-0.39, 0.29) is 11.8 Å². The lowest BCUT2D eigenvalue weighted by Crippen LogP contribution is -2.26. The highest BCUT2D eigenvalue weighted by molar-refractivity contribution is 5.83. The molecule has 10 heavy (non-hydrogen) atoms. The maximum absolute atomic E-state index is 10.9. The van der Waals surface area contributed by atoms with E-state index in [2.05, 4.69) is 13.8 Å². The van der Waals surface area contributed by atoms with Crippen LogP contribution in [0.25, 0.3) is 0 Å². The van der Waals surface area contributed by atoms with Crippen LogP contribution in [-0.2, 0) is 4.79 Å². The van der Waals surface area contributed by atoms with Crippen molar-refractivity contribution in [2.45, 2.75) is 39.7 Å². The second-order valence-corrected chi connectivity index (χ2v) is 3.19. The Balaban J connectivity index is 3.40. The second-order valence-electron chi connectivity index (χ2n) is 3.19. The molecule has 2 heteroatoms. The molecule has 2 N–H and O–H groups in total. The van der Waals surface area contributed by atoms with E-state index in [1.54, 1.807) is 6.92 Å². The zero-order chi connectivity index (χ0) is 8.15. The van der Waals surface area contributed by atoms with Crippen molar-refractivity contribution in [3.63, 3.8) is 0 Å².